The lowest BCUT2D eigenvalue weighted by atomic mass is 10.2. The second-order valence-corrected chi connectivity index (χ2v) is 7.59. The van der Waals surface area contributed by atoms with Gasteiger partial charge in [0.15, 0.2) is 0 Å². The third kappa shape index (κ3) is 4.13. The van der Waals surface area contributed by atoms with Crippen molar-refractivity contribution in [1.29, 1.82) is 0 Å². The molecular weight excluding hydrogens is 451 g/mol. The Labute approximate surface area is 191 Å². The number of hydrogen-bond donors (Lipinski definition) is 2. The molecule has 0 spiro atoms. The number of halogens is 3. The Morgan fingerprint density at radius 3 is 2.74 bits per heavy atom. The summed E-state index contributed by atoms with van der Waals surface area (Å²) in [7, 11) is 1.26. The minimum Gasteiger partial charge on any atom is -0.497 e. The van der Waals surface area contributed by atoms with E-state index in [9.17, 15) is 18.0 Å². The van der Waals surface area contributed by atoms with E-state index < -0.39 is 17.8 Å². The molecule has 1 aliphatic heterocycles. The van der Waals surface area contributed by atoms with Crippen LogP contribution >= 0.6 is 0 Å². The normalized spacial score (nSPS) is 13.1. The van der Waals surface area contributed by atoms with Gasteiger partial charge in [-0.15, -0.1) is 0 Å². The number of anilines is 1. The third-order valence-electron chi connectivity index (χ3n) is 5.41. The third-order valence-corrected chi connectivity index (χ3v) is 5.41. The topological polar surface area (TPSA) is 90.3 Å². The van der Waals surface area contributed by atoms with Gasteiger partial charge in [-0.2, -0.15) is 13.2 Å². The summed E-state index contributed by atoms with van der Waals surface area (Å²) in [5.74, 6) is 0.974. The van der Waals surface area contributed by atoms with Crippen LogP contribution < -0.4 is 20.1 Å². The molecule has 11 heteroatoms. The first-order valence-electron chi connectivity index (χ1n) is 10.2. The van der Waals surface area contributed by atoms with Crippen molar-refractivity contribution in [2.24, 2.45) is 0 Å². The average Bonchev–Trinajstić information content (AvgIpc) is 3.45. The average molecular weight is 469 g/mol. The van der Waals surface area contributed by atoms with E-state index in [4.69, 9.17) is 9.47 Å². The lowest BCUT2D eigenvalue weighted by Gasteiger charge is -2.13. The van der Waals surface area contributed by atoms with Crippen LogP contribution in [-0.4, -0.2) is 27.7 Å². The highest BCUT2D eigenvalue weighted by atomic mass is 19.4. The summed E-state index contributed by atoms with van der Waals surface area (Å²) < 4.78 is 51.7. The number of rotatable bonds is 4. The molecular formula is C23H18F3N5O3. The van der Waals surface area contributed by atoms with E-state index in [0.29, 0.717) is 35.6 Å². The van der Waals surface area contributed by atoms with Crippen LogP contribution in [0.25, 0.3) is 10.9 Å². The predicted octanol–water partition coefficient (Wildman–Crippen LogP) is 4.93. The molecule has 1 amide bonds. The summed E-state index contributed by atoms with van der Waals surface area (Å²) in [5, 5.41) is 6.40. The predicted molar refractivity (Wildman–Crippen MR) is 117 cm³/mol. The van der Waals surface area contributed by atoms with Gasteiger partial charge in [-0.05, 0) is 36.4 Å². The fourth-order valence-electron chi connectivity index (χ4n) is 3.76. The summed E-state index contributed by atoms with van der Waals surface area (Å²) in [6.07, 6.45) is -1.60. The number of carbonyl (C=O) groups excluding carboxylic acids is 1. The van der Waals surface area contributed by atoms with Gasteiger partial charge >= 0.3 is 12.2 Å². The number of benzene rings is 2. The number of amides is 1. The van der Waals surface area contributed by atoms with Gasteiger partial charge in [-0.3, -0.25) is 4.57 Å². The zero-order chi connectivity index (χ0) is 23.9. The van der Waals surface area contributed by atoms with Gasteiger partial charge in [0.2, 0.25) is 5.88 Å². The van der Waals surface area contributed by atoms with Crippen molar-refractivity contribution < 1.29 is 27.4 Å². The zero-order valence-electron chi connectivity index (χ0n) is 17.8. The van der Waals surface area contributed by atoms with E-state index in [1.807, 2.05) is 0 Å². The Kier molecular flexibility index (Phi) is 5.33. The molecule has 5 rings (SSSR count). The fraction of sp³-hybridized carbons (Fsp3) is 0.174. The molecule has 0 radical (unpaired) electrons. The van der Waals surface area contributed by atoms with E-state index in [1.165, 1.54) is 30.3 Å². The fourth-order valence-corrected chi connectivity index (χ4v) is 3.76. The summed E-state index contributed by atoms with van der Waals surface area (Å²) in [5.41, 5.74) is 1.38. The molecule has 0 aliphatic carbocycles. The second kappa shape index (κ2) is 8.34. The van der Waals surface area contributed by atoms with Crippen LogP contribution in [0.1, 0.15) is 16.8 Å². The standard InChI is InChI=1S/C23H18F3N5O3/c1-33-17-8-14(23(24,25)26)7-15(9-17)30-22(32)31-5-4-13-6-16(2-3-20(13)31)34-21-18-10-27-11-19(18)28-12-29-21/h2-9,12,27H,10-11H2,1H3,(H,30,32). The molecule has 0 saturated carbocycles. The summed E-state index contributed by atoms with van der Waals surface area (Å²) >= 11 is 0. The lowest BCUT2D eigenvalue weighted by molar-refractivity contribution is -0.137. The molecule has 8 nitrogen and oxygen atoms in total. The molecule has 174 valence electrons. The number of nitrogens with zero attached hydrogens (tertiary/aromatic N) is 3. The van der Waals surface area contributed by atoms with Gasteiger partial charge in [-0.25, -0.2) is 14.8 Å². The van der Waals surface area contributed by atoms with Crippen LogP contribution in [0.3, 0.4) is 0 Å². The van der Waals surface area contributed by atoms with Gasteiger partial charge < -0.3 is 20.1 Å². The first-order chi connectivity index (χ1) is 16.3. The minimum absolute atomic E-state index is 0.0179. The Hall–Kier alpha value is -4.12. The van der Waals surface area contributed by atoms with Gasteiger partial charge in [0, 0.05) is 36.4 Å². The number of hydrogen-bond acceptors (Lipinski definition) is 6. The maximum Gasteiger partial charge on any atom is 0.416 e. The summed E-state index contributed by atoms with van der Waals surface area (Å²) in [4.78, 5) is 21.3. The van der Waals surface area contributed by atoms with Gasteiger partial charge in [0.05, 0.1) is 29.4 Å². The van der Waals surface area contributed by atoms with E-state index >= 15 is 0 Å². The highest BCUT2D eigenvalue weighted by Crippen LogP contribution is 2.34. The number of nitrogens with one attached hydrogen (secondary N) is 2. The van der Waals surface area contributed by atoms with E-state index in [1.54, 1.807) is 24.3 Å². The highest BCUT2D eigenvalue weighted by molar-refractivity contribution is 5.99. The quantitative estimate of drug-likeness (QED) is 0.440. The maximum absolute atomic E-state index is 13.2. The largest absolute Gasteiger partial charge is 0.497 e. The number of methoxy groups -OCH3 is 1. The van der Waals surface area contributed by atoms with Gasteiger partial charge in [0.1, 0.15) is 17.8 Å². The number of carbonyl (C=O) groups is 1. The molecule has 0 bridgehead atoms. The molecule has 2 aromatic carbocycles. The smallest absolute Gasteiger partial charge is 0.416 e. The van der Waals surface area contributed by atoms with Crippen molar-refractivity contribution in [3.63, 3.8) is 0 Å². The van der Waals surface area contributed by atoms with Crippen LogP contribution in [0.15, 0.2) is 55.0 Å². The Balaban J connectivity index is 1.39. The van der Waals surface area contributed by atoms with Gasteiger partial charge in [0.25, 0.3) is 0 Å². The molecule has 0 saturated heterocycles. The molecule has 4 aromatic rings. The molecule has 34 heavy (non-hydrogen) atoms. The lowest BCUT2D eigenvalue weighted by Crippen LogP contribution is -2.19. The number of aromatic nitrogens is 3. The molecule has 0 fully saturated rings. The summed E-state index contributed by atoms with van der Waals surface area (Å²) in [6, 6.07) is 9.26. The van der Waals surface area contributed by atoms with Crippen LogP contribution in [0.4, 0.5) is 23.7 Å². The molecule has 0 atom stereocenters. The highest BCUT2D eigenvalue weighted by Gasteiger charge is 2.31. The minimum atomic E-state index is -4.58. The van der Waals surface area contributed by atoms with Crippen LogP contribution in [0, 0.1) is 0 Å². The SMILES string of the molecule is COc1cc(NC(=O)n2ccc3cc(Oc4ncnc5c4CNC5)ccc32)cc(C(F)(F)F)c1. The van der Waals surface area contributed by atoms with Crippen LogP contribution in [0.5, 0.6) is 17.4 Å². The van der Waals surface area contributed by atoms with Crippen molar-refractivity contribution >= 4 is 22.6 Å². The molecule has 3 heterocycles. The maximum atomic E-state index is 13.2. The van der Waals surface area contributed by atoms with Crippen LogP contribution in [0.2, 0.25) is 0 Å². The van der Waals surface area contributed by atoms with Crippen molar-refractivity contribution in [2.45, 2.75) is 19.3 Å². The first kappa shape index (κ1) is 21.7. The van der Waals surface area contributed by atoms with E-state index in [0.717, 1.165) is 23.4 Å². The molecule has 2 N–H and O–H groups in total. The number of fused-ring (bicyclic) bond motifs is 2. The monoisotopic (exact) mass is 469 g/mol. The Morgan fingerprint density at radius 2 is 1.94 bits per heavy atom. The Morgan fingerprint density at radius 1 is 1.09 bits per heavy atom. The van der Waals surface area contributed by atoms with E-state index in [-0.39, 0.29) is 11.4 Å². The first-order valence-corrected chi connectivity index (χ1v) is 10.2. The number of alkyl halides is 3. The van der Waals surface area contributed by atoms with Crippen molar-refractivity contribution in [3.05, 3.63) is 71.8 Å². The van der Waals surface area contributed by atoms with E-state index in [2.05, 4.69) is 20.6 Å². The van der Waals surface area contributed by atoms with Crippen molar-refractivity contribution in [3.8, 4) is 17.4 Å². The van der Waals surface area contributed by atoms with Crippen molar-refractivity contribution in [1.82, 2.24) is 19.9 Å². The Bertz CT molecular complexity index is 1400. The molecule has 2 aromatic heterocycles. The summed E-state index contributed by atoms with van der Waals surface area (Å²) in [6.45, 7) is 1.27. The van der Waals surface area contributed by atoms with Crippen molar-refractivity contribution in [2.75, 3.05) is 12.4 Å². The van der Waals surface area contributed by atoms with Crippen LogP contribution in [-0.2, 0) is 19.3 Å². The number of ether oxygens (including phenoxy) is 2. The second-order valence-electron chi connectivity index (χ2n) is 7.59. The van der Waals surface area contributed by atoms with Gasteiger partial charge in [-0.1, -0.05) is 0 Å². The molecule has 0 unspecified atom stereocenters. The zero-order valence-corrected chi connectivity index (χ0v) is 17.8. The molecule has 1 aliphatic rings.